The number of nitrogens with one attached hydrogen (secondary N) is 1. The van der Waals surface area contributed by atoms with Gasteiger partial charge in [-0.3, -0.25) is 4.79 Å². The summed E-state index contributed by atoms with van der Waals surface area (Å²) < 4.78 is 0. The van der Waals surface area contributed by atoms with Gasteiger partial charge in [-0.05, 0) is 43.9 Å². The first kappa shape index (κ1) is 14.3. The van der Waals surface area contributed by atoms with Gasteiger partial charge in [-0.25, -0.2) is 4.98 Å². The molecule has 2 atom stereocenters. The minimum atomic E-state index is -0.00516. The van der Waals surface area contributed by atoms with Crippen molar-refractivity contribution in [3.63, 3.8) is 0 Å². The van der Waals surface area contributed by atoms with Gasteiger partial charge in [0.1, 0.15) is 0 Å². The lowest BCUT2D eigenvalue weighted by Crippen LogP contribution is -2.35. The predicted molar refractivity (Wildman–Crippen MR) is 77.1 cm³/mol. The fraction of sp³-hybridized carbons (Fsp3) is 0.571. The van der Waals surface area contributed by atoms with Crippen molar-refractivity contribution in [3.8, 4) is 0 Å². The zero-order valence-corrected chi connectivity index (χ0v) is 11.9. The number of nitrogens with two attached hydrogens (primary N) is 1. The Kier molecular flexibility index (Phi) is 4.77. The van der Waals surface area contributed by atoms with E-state index in [1.54, 1.807) is 6.20 Å². The van der Waals surface area contributed by atoms with Crippen LogP contribution in [0.2, 0.25) is 5.15 Å². The minimum Gasteiger partial charge on any atom is -0.330 e. The van der Waals surface area contributed by atoms with Crippen LogP contribution in [0.1, 0.15) is 31.2 Å². The van der Waals surface area contributed by atoms with Gasteiger partial charge in [-0.2, -0.15) is 0 Å². The molecule has 5 heteroatoms. The van der Waals surface area contributed by atoms with Crippen LogP contribution in [0.4, 0.5) is 5.69 Å². The lowest BCUT2D eigenvalue weighted by molar-refractivity contribution is -0.122. The summed E-state index contributed by atoms with van der Waals surface area (Å²) in [6, 6.07) is 1.84. The highest BCUT2D eigenvalue weighted by molar-refractivity contribution is 6.32. The van der Waals surface area contributed by atoms with Gasteiger partial charge in [0, 0.05) is 12.1 Å². The van der Waals surface area contributed by atoms with Crippen molar-refractivity contribution in [2.45, 2.75) is 32.6 Å². The maximum Gasteiger partial charge on any atom is 0.227 e. The third-order valence-electron chi connectivity index (χ3n) is 3.91. The van der Waals surface area contributed by atoms with Crippen molar-refractivity contribution >= 4 is 23.2 Å². The fourth-order valence-electron chi connectivity index (χ4n) is 2.73. The van der Waals surface area contributed by atoms with Crippen molar-refractivity contribution < 1.29 is 4.79 Å². The number of carbonyl (C=O) groups excluding carboxylic acids is 1. The molecule has 3 N–H and O–H groups in total. The maximum absolute atomic E-state index is 12.4. The molecule has 0 spiro atoms. The number of halogens is 1. The van der Waals surface area contributed by atoms with E-state index in [1.165, 1.54) is 6.42 Å². The first-order chi connectivity index (χ1) is 9.13. The molecule has 1 fully saturated rings. The van der Waals surface area contributed by atoms with Gasteiger partial charge in [-0.15, -0.1) is 0 Å². The first-order valence-corrected chi connectivity index (χ1v) is 7.13. The summed E-state index contributed by atoms with van der Waals surface area (Å²) in [4.78, 5) is 16.4. The van der Waals surface area contributed by atoms with Gasteiger partial charge in [0.2, 0.25) is 5.91 Å². The molecule has 104 valence electrons. The van der Waals surface area contributed by atoms with Crippen LogP contribution >= 0.6 is 11.6 Å². The predicted octanol–water partition coefficient (Wildman–Crippen LogP) is 2.75. The summed E-state index contributed by atoms with van der Waals surface area (Å²) in [7, 11) is 0. The normalized spacial score (nSPS) is 23.1. The highest BCUT2D eigenvalue weighted by atomic mass is 35.5. The van der Waals surface area contributed by atoms with Crippen LogP contribution in [0.15, 0.2) is 12.3 Å². The molecule has 0 radical (unpaired) electrons. The van der Waals surface area contributed by atoms with Gasteiger partial charge in [0.15, 0.2) is 5.15 Å². The molecular formula is C14H20ClN3O. The third kappa shape index (κ3) is 3.25. The monoisotopic (exact) mass is 281 g/mol. The SMILES string of the molecule is Cc1ccnc(Cl)c1NC(=O)C1CCCCC1CN. The second-order valence-electron chi connectivity index (χ2n) is 5.17. The molecule has 0 aromatic carbocycles. The molecule has 1 aromatic heterocycles. The summed E-state index contributed by atoms with van der Waals surface area (Å²) in [5, 5.41) is 3.26. The largest absolute Gasteiger partial charge is 0.330 e. The van der Waals surface area contributed by atoms with Gasteiger partial charge in [0.05, 0.1) is 5.69 Å². The number of pyridine rings is 1. The molecule has 0 saturated heterocycles. The summed E-state index contributed by atoms with van der Waals surface area (Å²) in [5.41, 5.74) is 7.31. The molecule has 4 nitrogen and oxygen atoms in total. The fourth-order valence-corrected chi connectivity index (χ4v) is 2.98. The van der Waals surface area contributed by atoms with Gasteiger partial charge in [-0.1, -0.05) is 24.4 Å². The van der Waals surface area contributed by atoms with E-state index >= 15 is 0 Å². The maximum atomic E-state index is 12.4. The Morgan fingerprint density at radius 3 is 2.95 bits per heavy atom. The average molecular weight is 282 g/mol. The Morgan fingerprint density at radius 1 is 1.53 bits per heavy atom. The topological polar surface area (TPSA) is 68.0 Å². The number of rotatable bonds is 3. The Bertz CT molecular complexity index is 444. The Labute approximate surface area is 118 Å². The van der Waals surface area contributed by atoms with E-state index < -0.39 is 0 Å². The number of anilines is 1. The molecule has 1 aromatic rings. The van der Waals surface area contributed by atoms with Crippen molar-refractivity contribution in [2.24, 2.45) is 17.6 Å². The van der Waals surface area contributed by atoms with E-state index in [2.05, 4.69) is 10.3 Å². The number of aryl methyl sites for hydroxylation is 1. The average Bonchev–Trinajstić information content (AvgIpc) is 2.42. The van der Waals surface area contributed by atoms with Crippen molar-refractivity contribution in [3.05, 3.63) is 23.0 Å². The van der Waals surface area contributed by atoms with E-state index in [-0.39, 0.29) is 17.7 Å². The van der Waals surface area contributed by atoms with Crippen LogP contribution in [0.5, 0.6) is 0 Å². The third-order valence-corrected chi connectivity index (χ3v) is 4.20. The molecule has 1 amide bonds. The lowest BCUT2D eigenvalue weighted by atomic mass is 9.78. The first-order valence-electron chi connectivity index (χ1n) is 6.75. The number of nitrogens with zero attached hydrogens (tertiary/aromatic N) is 1. The van der Waals surface area contributed by atoms with Crippen LogP contribution in [0.3, 0.4) is 0 Å². The second-order valence-corrected chi connectivity index (χ2v) is 5.53. The van der Waals surface area contributed by atoms with Crippen molar-refractivity contribution in [1.82, 2.24) is 4.98 Å². The molecule has 1 aliphatic carbocycles. The smallest absolute Gasteiger partial charge is 0.227 e. The van der Waals surface area contributed by atoms with Gasteiger partial charge in [0.25, 0.3) is 0 Å². The summed E-state index contributed by atoms with van der Waals surface area (Å²) in [6.45, 7) is 2.47. The van der Waals surface area contributed by atoms with Gasteiger partial charge >= 0.3 is 0 Å². The van der Waals surface area contributed by atoms with E-state index in [0.717, 1.165) is 24.8 Å². The molecule has 0 aliphatic heterocycles. The van der Waals surface area contributed by atoms with E-state index in [4.69, 9.17) is 17.3 Å². The molecule has 2 rings (SSSR count). The molecule has 19 heavy (non-hydrogen) atoms. The van der Waals surface area contributed by atoms with Crippen LogP contribution < -0.4 is 11.1 Å². The number of hydrogen-bond acceptors (Lipinski definition) is 3. The van der Waals surface area contributed by atoms with E-state index in [1.807, 2.05) is 13.0 Å². The molecule has 1 saturated carbocycles. The summed E-state index contributed by atoms with van der Waals surface area (Å²) >= 11 is 6.03. The zero-order valence-electron chi connectivity index (χ0n) is 11.2. The minimum absolute atomic E-state index is 0.00516. The highest BCUT2D eigenvalue weighted by Gasteiger charge is 2.30. The molecule has 1 heterocycles. The number of carbonyl (C=O) groups is 1. The quantitative estimate of drug-likeness (QED) is 0.837. The second kappa shape index (κ2) is 6.35. The Balaban J connectivity index is 2.12. The van der Waals surface area contributed by atoms with Crippen molar-refractivity contribution in [1.29, 1.82) is 0 Å². The lowest BCUT2D eigenvalue weighted by Gasteiger charge is -2.29. The highest BCUT2D eigenvalue weighted by Crippen LogP contribution is 2.31. The van der Waals surface area contributed by atoms with Crippen LogP contribution in [-0.2, 0) is 4.79 Å². The number of hydrogen-bond donors (Lipinski definition) is 2. The molecule has 0 bridgehead atoms. The number of amides is 1. The van der Waals surface area contributed by atoms with E-state index in [0.29, 0.717) is 17.4 Å². The summed E-state index contributed by atoms with van der Waals surface area (Å²) in [6.07, 6.45) is 5.84. The van der Waals surface area contributed by atoms with Crippen LogP contribution in [0.25, 0.3) is 0 Å². The van der Waals surface area contributed by atoms with Gasteiger partial charge < -0.3 is 11.1 Å². The number of aromatic nitrogens is 1. The zero-order chi connectivity index (χ0) is 13.8. The molecule has 2 unspecified atom stereocenters. The van der Waals surface area contributed by atoms with Crippen LogP contribution in [-0.4, -0.2) is 17.4 Å². The summed E-state index contributed by atoms with van der Waals surface area (Å²) in [5.74, 6) is 0.298. The van der Waals surface area contributed by atoms with Crippen molar-refractivity contribution in [2.75, 3.05) is 11.9 Å². The molecular weight excluding hydrogens is 262 g/mol. The van der Waals surface area contributed by atoms with Crippen LogP contribution in [0, 0.1) is 18.8 Å². The standard InChI is InChI=1S/C14H20ClN3O/c1-9-6-7-17-13(15)12(9)18-14(19)11-5-3-2-4-10(11)8-16/h6-7,10-11H,2-5,8,16H2,1H3,(H,18,19). The van der Waals surface area contributed by atoms with E-state index in [9.17, 15) is 4.79 Å². The Hall–Kier alpha value is -1.13. The Morgan fingerprint density at radius 2 is 2.26 bits per heavy atom. The molecule has 1 aliphatic rings.